The van der Waals surface area contributed by atoms with Crippen molar-refractivity contribution >= 4 is 0 Å². The summed E-state index contributed by atoms with van der Waals surface area (Å²) >= 11 is 0. The zero-order valence-corrected chi connectivity index (χ0v) is 15.0. The minimum absolute atomic E-state index is 0.150. The van der Waals surface area contributed by atoms with Crippen LogP contribution in [0.15, 0.2) is 36.4 Å². The van der Waals surface area contributed by atoms with Crippen molar-refractivity contribution in [1.29, 1.82) is 0 Å². The van der Waals surface area contributed by atoms with Crippen molar-refractivity contribution < 1.29 is 13.9 Å². The van der Waals surface area contributed by atoms with E-state index < -0.39 is 0 Å². The van der Waals surface area contributed by atoms with Crippen LogP contribution in [0.4, 0.5) is 4.39 Å². The van der Waals surface area contributed by atoms with Gasteiger partial charge in [-0.2, -0.15) is 0 Å². The minimum Gasteiger partial charge on any atom is -0.493 e. The molecular formula is C20H25FN2O2. The third-order valence-electron chi connectivity index (χ3n) is 4.80. The van der Waals surface area contributed by atoms with Gasteiger partial charge < -0.3 is 14.8 Å². The molecule has 1 N–H and O–H groups in total. The maximum atomic E-state index is 13.7. The van der Waals surface area contributed by atoms with E-state index in [0.29, 0.717) is 0 Å². The van der Waals surface area contributed by atoms with Crippen LogP contribution in [-0.4, -0.2) is 38.8 Å². The smallest absolute Gasteiger partial charge is 0.161 e. The highest BCUT2D eigenvalue weighted by Crippen LogP contribution is 2.32. The van der Waals surface area contributed by atoms with E-state index in [-0.39, 0.29) is 11.9 Å². The topological polar surface area (TPSA) is 33.7 Å². The van der Waals surface area contributed by atoms with E-state index in [1.165, 1.54) is 11.6 Å². The Morgan fingerprint density at radius 1 is 1.16 bits per heavy atom. The molecule has 1 atom stereocenters. The zero-order valence-electron chi connectivity index (χ0n) is 15.0. The van der Waals surface area contributed by atoms with Gasteiger partial charge in [-0.1, -0.05) is 12.1 Å². The highest BCUT2D eigenvalue weighted by atomic mass is 19.1. The molecule has 0 bridgehead atoms. The fraction of sp³-hybridized carbons (Fsp3) is 0.400. The first-order valence-corrected chi connectivity index (χ1v) is 8.54. The molecule has 1 unspecified atom stereocenters. The average molecular weight is 344 g/mol. The molecule has 0 amide bonds. The van der Waals surface area contributed by atoms with Crippen LogP contribution in [0, 0.1) is 12.7 Å². The number of hydrogen-bond acceptors (Lipinski definition) is 4. The molecule has 3 rings (SSSR count). The molecule has 2 aromatic carbocycles. The van der Waals surface area contributed by atoms with Crippen molar-refractivity contribution in [3.63, 3.8) is 0 Å². The molecule has 1 heterocycles. The Hall–Kier alpha value is -2.11. The zero-order chi connectivity index (χ0) is 17.8. The minimum atomic E-state index is -0.190. The lowest BCUT2D eigenvalue weighted by Crippen LogP contribution is -2.45. The molecule has 25 heavy (non-hydrogen) atoms. The number of rotatable bonds is 5. The fourth-order valence-electron chi connectivity index (χ4n) is 3.39. The summed E-state index contributed by atoms with van der Waals surface area (Å²) in [5.74, 6) is 1.29. The Kier molecular flexibility index (Phi) is 5.56. The first-order valence-electron chi connectivity index (χ1n) is 8.54. The van der Waals surface area contributed by atoms with Crippen LogP contribution in [0.1, 0.15) is 22.7 Å². The predicted octanol–water partition coefficient (Wildman–Crippen LogP) is 3.30. The van der Waals surface area contributed by atoms with Crippen LogP contribution in [0.25, 0.3) is 0 Å². The molecule has 1 fully saturated rings. The van der Waals surface area contributed by atoms with Crippen LogP contribution in [-0.2, 0) is 6.54 Å². The van der Waals surface area contributed by atoms with Crippen molar-refractivity contribution in [3.05, 3.63) is 58.9 Å². The van der Waals surface area contributed by atoms with E-state index in [0.717, 1.165) is 48.8 Å². The normalized spacial score (nSPS) is 18.2. The molecule has 0 aromatic heterocycles. The summed E-state index contributed by atoms with van der Waals surface area (Å²) in [6, 6.07) is 11.1. The fourth-order valence-corrected chi connectivity index (χ4v) is 3.39. The highest BCUT2D eigenvalue weighted by Gasteiger charge is 2.25. The van der Waals surface area contributed by atoms with Crippen molar-refractivity contribution in [3.8, 4) is 11.5 Å². The van der Waals surface area contributed by atoms with Gasteiger partial charge in [-0.3, -0.25) is 4.90 Å². The highest BCUT2D eigenvalue weighted by molar-refractivity contribution is 5.47. The molecule has 1 aliphatic rings. The first-order chi connectivity index (χ1) is 12.1. The van der Waals surface area contributed by atoms with E-state index in [1.54, 1.807) is 26.4 Å². The van der Waals surface area contributed by atoms with E-state index >= 15 is 0 Å². The molecule has 2 aromatic rings. The number of methoxy groups -OCH3 is 2. The molecule has 1 aliphatic heterocycles. The van der Waals surface area contributed by atoms with Crippen LogP contribution in [0.3, 0.4) is 0 Å². The average Bonchev–Trinajstić information content (AvgIpc) is 2.63. The van der Waals surface area contributed by atoms with E-state index in [1.807, 2.05) is 18.2 Å². The van der Waals surface area contributed by atoms with Crippen molar-refractivity contribution in [1.82, 2.24) is 10.2 Å². The lowest BCUT2D eigenvalue weighted by molar-refractivity contribution is 0.153. The number of nitrogens with zero attached hydrogens (tertiary/aromatic N) is 1. The quantitative estimate of drug-likeness (QED) is 0.902. The van der Waals surface area contributed by atoms with Crippen LogP contribution < -0.4 is 14.8 Å². The second-order valence-corrected chi connectivity index (χ2v) is 6.38. The number of benzene rings is 2. The van der Waals surface area contributed by atoms with Crippen LogP contribution >= 0.6 is 0 Å². The van der Waals surface area contributed by atoms with Crippen LogP contribution in [0.2, 0.25) is 0 Å². The lowest BCUT2D eigenvalue weighted by atomic mass is 10.0. The Balaban J connectivity index is 1.87. The third kappa shape index (κ3) is 3.94. The van der Waals surface area contributed by atoms with Gasteiger partial charge >= 0.3 is 0 Å². The van der Waals surface area contributed by atoms with Gasteiger partial charge in [0.1, 0.15) is 5.82 Å². The van der Waals surface area contributed by atoms with E-state index in [2.05, 4.69) is 17.1 Å². The largest absolute Gasteiger partial charge is 0.493 e. The summed E-state index contributed by atoms with van der Waals surface area (Å²) in [7, 11) is 3.30. The van der Waals surface area contributed by atoms with Gasteiger partial charge in [0.2, 0.25) is 0 Å². The van der Waals surface area contributed by atoms with Crippen molar-refractivity contribution in [2.75, 3.05) is 33.9 Å². The maximum Gasteiger partial charge on any atom is 0.161 e. The SMILES string of the molecule is COc1cc(C)c(CN2CCNCC2c2cccc(F)c2)cc1OC. The van der Waals surface area contributed by atoms with E-state index in [9.17, 15) is 4.39 Å². The molecule has 0 aliphatic carbocycles. The third-order valence-corrected chi connectivity index (χ3v) is 4.80. The van der Waals surface area contributed by atoms with Gasteiger partial charge in [0.25, 0.3) is 0 Å². The molecule has 1 saturated heterocycles. The van der Waals surface area contributed by atoms with Gasteiger partial charge in [-0.25, -0.2) is 4.39 Å². The number of halogens is 1. The predicted molar refractivity (Wildman–Crippen MR) is 96.7 cm³/mol. The lowest BCUT2D eigenvalue weighted by Gasteiger charge is -2.37. The van der Waals surface area contributed by atoms with Crippen LogP contribution in [0.5, 0.6) is 11.5 Å². The molecule has 0 spiro atoms. The summed E-state index contributed by atoms with van der Waals surface area (Å²) in [4.78, 5) is 2.39. The summed E-state index contributed by atoms with van der Waals surface area (Å²) < 4.78 is 24.5. The van der Waals surface area contributed by atoms with E-state index in [4.69, 9.17) is 9.47 Å². The summed E-state index contributed by atoms with van der Waals surface area (Å²) in [5, 5.41) is 3.42. The van der Waals surface area contributed by atoms with Crippen molar-refractivity contribution in [2.45, 2.75) is 19.5 Å². The molecular weight excluding hydrogens is 319 g/mol. The Morgan fingerprint density at radius 2 is 1.92 bits per heavy atom. The number of ether oxygens (including phenoxy) is 2. The number of nitrogens with one attached hydrogen (secondary N) is 1. The Labute approximate surface area is 148 Å². The second-order valence-electron chi connectivity index (χ2n) is 6.38. The molecule has 0 radical (unpaired) electrons. The summed E-state index contributed by atoms with van der Waals surface area (Å²) in [6.07, 6.45) is 0. The molecule has 4 nitrogen and oxygen atoms in total. The molecule has 0 saturated carbocycles. The van der Waals surface area contributed by atoms with Gasteiger partial charge in [0, 0.05) is 32.2 Å². The van der Waals surface area contributed by atoms with Crippen molar-refractivity contribution in [2.24, 2.45) is 0 Å². The summed E-state index contributed by atoms with van der Waals surface area (Å²) in [6.45, 7) is 5.52. The second kappa shape index (κ2) is 7.85. The van der Waals surface area contributed by atoms with Gasteiger partial charge in [-0.05, 0) is 47.9 Å². The first kappa shape index (κ1) is 17.7. The molecule has 134 valence electrons. The molecule has 5 heteroatoms. The monoisotopic (exact) mass is 344 g/mol. The summed E-state index contributed by atoms with van der Waals surface area (Å²) in [5.41, 5.74) is 3.36. The van der Waals surface area contributed by atoms with Gasteiger partial charge in [0.15, 0.2) is 11.5 Å². The standard InChI is InChI=1S/C20H25FN2O2/c1-14-9-19(24-2)20(25-3)11-16(14)13-23-8-7-22-12-18(23)15-5-4-6-17(21)10-15/h4-6,9-11,18,22H,7-8,12-13H2,1-3H3. The van der Waals surface area contributed by atoms with Gasteiger partial charge in [0.05, 0.1) is 14.2 Å². The Bertz CT molecular complexity index is 736. The number of aryl methyl sites for hydroxylation is 1. The van der Waals surface area contributed by atoms with Gasteiger partial charge in [-0.15, -0.1) is 0 Å². The number of piperazine rings is 1. The maximum absolute atomic E-state index is 13.7. The number of hydrogen-bond donors (Lipinski definition) is 1. The Morgan fingerprint density at radius 3 is 2.64 bits per heavy atom.